The first-order chi connectivity index (χ1) is 11.5. The average molecular weight is 324 g/mol. The van der Waals surface area contributed by atoms with E-state index in [9.17, 15) is 14.0 Å². The highest BCUT2D eigenvalue weighted by Crippen LogP contribution is 2.16. The Bertz CT molecular complexity index is 903. The Morgan fingerprint density at radius 2 is 1.88 bits per heavy atom. The minimum Gasteiger partial charge on any atom is -0.320 e. The number of benzene rings is 1. The van der Waals surface area contributed by atoms with E-state index in [2.05, 4.69) is 15.4 Å². The lowest BCUT2D eigenvalue weighted by molar-refractivity contribution is 0.101. The van der Waals surface area contributed by atoms with E-state index in [1.165, 1.54) is 42.2 Å². The molecule has 0 atom stereocenters. The second-order valence-corrected chi connectivity index (χ2v) is 5.05. The van der Waals surface area contributed by atoms with E-state index in [4.69, 9.17) is 0 Å². The Hall–Kier alpha value is -3.35. The molecule has 120 valence electrons. The van der Waals surface area contributed by atoms with E-state index in [1.54, 1.807) is 24.4 Å². The molecule has 1 aromatic carbocycles. The highest BCUT2D eigenvalue weighted by Gasteiger charge is 2.14. The monoisotopic (exact) mass is 324 g/mol. The first-order valence-corrected chi connectivity index (χ1v) is 7.12. The summed E-state index contributed by atoms with van der Waals surface area (Å²) in [7, 11) is 0. The van der Waals surface area contributed by atoms with Crippen molar-refractivity contribution >= 4 is 17.4 Å². The second-order valence-electron chi connectivity index (χ2n) is 5.05. The Kier molecular flexibility index (Phi) is 4.15. The summed E-state index contributed by atoms with van der Waals surface area (Å²) in [5.74, 6) is -1.00. The van der Waals surface area contributed by atoms with Crippen LogP contribution in [-0.2, 0) is 0 Å². The molecule has 0 aliphatic rings. The summed E-state index contributed by atoms with van der Waals surface area (Å²) in [6, 6.07) is 8.82. The molecule has 24 heavy (non-hydrogen) atoms. The number of carbonyl (C=O) groups is 2. The van der Waals surface area contributed by atoms with Gasteiger partial charge in [0.1, 0.15) is 5.82 Å². The molecule has 1 amide bonds. The highest BCUT2D eigenvalue weighted by atomic mass is 19.1. The van der Waals surface area contributed by atoms with Crippen LogP contribution in [0.3, 0.4) is 0 Å². The largest absolute Gasteiger partial charge is 0.320 e. The van der Waals surface area contributed by atoms with Gasteiger partial charge in [-0.05, 0) is 43.3 Å². The van der Waals surface area contributed by atoms with Crippen molar-refractivity contribution in [2.45, 2.75) is 6.92 Å². The molecule has 0 aliphatic carbocycles. The van der Waals surface area contributed by atoms with Crippen molar-refractivity contribution in [3.63, 3.8) is 0 Å². The Balaban J connectivity index is 1.82. The van der Waals surface area contributed by atoms with Crippen molar-refractivity contribution in [1.29, 1.82) is 0 Å². The number of nitrogens with zero attached hydrogens (tertiary/aromatic N) is 3. The van der Waals surface area contributed by atoms with E-state index in [0.717, 1.165) is 0 Å². The smallest absolute Gasteiger partial charge is 0.276 e. The molecule has 0 unspecified atom stereocenters. The normalized spacial score (nSPS) is 10.4. The average Bonchev–Trinajstić information content (AvgIpc) is 3.06. The molecule has 2 aromatic heterocycles. The summed E-state index contributed by atoms with van der Waals surface area (Å²) in [6.07, 6.45) is 4.48. The fraction of sp³-hybridized carbons (Fsp3) is 0.0588. The highest BCUT2D eigenvalue weighted by molar-refractivity contribution is 6.07. The molecule has 7 heteroatoms. The predicted molar refractivity (Wildman–Crippen MR) is 85.7 cm³/mol. The van der Waals surface area contributed by atoms with Gasteiger partial charge in [0.25, 0.3) is 5.91 Å². The van der Waals surface area contributed by atoms with Crippen LogP contribution in [0.1, 0.15) is 27.8 Å². The molecule has 1 N–H and O–H groups in total. The maximum Gasteiger partial charge on any atom is 0.276 e. The molecule has 0 bridgehead atoms. The molecule has 0 aliphatic heterocycles. The van der Waals surface area contributed by atoms with E-state index in [1.807, 2.05) is 0 Å². The molecule has 6 nitrogen and oxygen atoms in total. The number of nitrogens with one attached hydrogen (secondary N) is 1. The van der Waals surface area contributed by atoms with Crippen LogP contribution >= 0.6 is 0 Å². The third-order valence-corrected chi connectivity index (χ3v) is 3.36. The quantitative estimate of drug-likeness (QED) is 0.749. The zero-order valence-electron chi connectivity index (χ0n) is 12.7. The zero-order valence-corrected chi connectivity index (χ0v) is 12.7. The standard InChI is InChI=1S/C17H13FN4O2/c1-11(23)14-10-19-8-6-15(14)20-17(24)16-7-9-22(21-16)13-4-2-12(18)3-5-13/h2-10H,1H3,(H,19,20,24). The molecular formula is C17H13FN4O2. The summed E-state index contributed by atoms with van der Waals surface area (Å²) in [5.41, 5.74) is 1.50. The minimum atomic E-state index is -0.454. The van der Waals surface area contributed by atoms with Crippen LogP contribution in [-0.4, -0.2) is 26.5 Å². The van der Waals surface area contributed by atoms with Gasteiger partial charge in [0.15, 0.2) is 11.5 Å². The van der Waals surface area contributed by atoms with Gasteiger partial charge in [-0.1, -0.05) is 0 Å². The van der Waals surface area contributed by atoms with Crippen LogP contribution in [0.2, 0.25) is 0 Å². The SMILES string of the molecule is CC(=O)c1cnccc1NC(=O)c1ccn(-c2ccc(F)cc2)n1. The summed E-state index contributed by atoms with van der Waals surface area (Å²) < 4.78 is 14.4. The minimum absolute atomic E-state index is 0.172. The molecule has 0 saturated heterocycles. The molecule has 0 fully saturated rings. The summed E-state index contributed by atoms with van der Waals surface area (Å²) in [4.78, 5) is 27.7. The van der Waals surface area contributed by atoms with E-state index >= 15 is 0 Å². The molecule has 0 spiro atoms. The predicted octanol–water partition coefficient (Wildman–Crippen LogP) is 2.86. The number of hydrogen-bond donors (Lipinski definition) is 1. The Labute approximate surface area is 137 Å². The summed E-state index contributed by atoms with van der Waals surface area (Å²) in [5, 5.41) is 6.81. The van der Waals surface area contributed by atoms with Gasteiger partial charge < -0.3 is 5.32 Å². The van der Waals surface area contributed by atoms with Gasteiger partial charge in [-0.25, -0.2) is 9.07 Å². The van der Waals surface area contributed by atoms with Gasteiger partial charge in [0.05, 0.1) is 16.9 Å². The fourth-order valence-electron chi connectivity index (χ4n) is 2.15. The Morgan fingerprint density at radius 1 is 1.12 bits per heavy atom. The number of ketones is 1. The number of hydrogen-bond acceptors (Lipinski definition) is 4. The van der Waals surface area contributed by atoms with Crippen molar-refractivity contribution in [1.82, 2.24) is 14.8 Å². The van der Waals surface area contributed by atoms with Gasteiger partial charge in [0.2, 0.25) is 0 Å². The van der Waals surface area contributed by atoms with Crippen LogP contribution in [0.25, 0.3) is 5.69 Å². The number of amides is 1. The van der Waals surface area contributed by atoms with Gasteiger partial charge >= 0.3 is 0 Å². The van der Waals surface area contributed by atoms with Crippen molar-refractivity contribution in [2.24, 2.45) is 0 Å². The third-order valence-electron chi connectivity index (χ3n) is 3.36. The lowest BCUT2D eigenvalue weighted by Gasteiger charge is -2.07. The summed E-state index contributed by atoms with van der Waals surface area (Å²) >= 11 is 0. The van der Waals surface area contributed by atoms with Gasteiger partial charge in [-0.2, -0.15) is 5.10 Å². The van der Waals surface area contributed by atoms with E-state index in [0.29, 0.717) is 16.9 Å². The van der Waals surface area contributed by atoms with Gasteiger partial charge in [-0.15, -0.1) is 0 Å². The van der Waals surface area contributed by atoms with Gasteiger partial charge in [-0.3, -0.25) is 14.6 Å². The maximum atomic E-state index is 13.0. The number of halogens is 1. The number of anilines is 1. The van der Waals surface area contributed by atoms with Crippen LogP contribution in [0, 0.1) is 5.82 Å². The molecule has 3 rings (SSSR count). The molecule has 0 saturated carbocycles. The zero-order chi connectivity index (χ0) is 17.1. The molecular weight excluding hydrogens is 311 g/mol. The van der Waals surface area contributed by atoms with Crippen LogP contribution in [0.4, 0.5) is 10.1 Å². The van der Waals surface area contributed by atoms with Gasteiger partial charge in [0, 0.05) is 18.6 Å². The molecule has 2 heterocycles. The fourth-order valence-corrected chi connectivity index (χ4v) is 2.15. The third kappa shape index (κ3) is 3.19. The van der Waals surface area contributed by atoms with Crippen molar-refractivity contribution in [3.05, 3.63) is 72.1 Å². The number of pyridine rings is 1. The van der Waals surface area contributed by atoms with E-state index < -0.39 is 5.91 Å². The van der Waals surface area contributed by atoms with Crippen molar-refractivity contribution in [3.8, 4) is 5.69 Å². The number of aromatic nitrogens is 3. The number of Topliss-reactive ketones (excluding diaryl/α,β-unsaturated/α-hetero) is 1. The summed E-state index contributed by atoms with van der Waals surface area (Å²) in [6.45, 7) is 1.40. The second kappa shape index (κ2) is 6.41. The van der Waals surface area contributed by atoms with Crippen LogP contribution in [0.5, 0.6) is 0 Å². The van der Waals surface area contributed by atoms with E-state index in [-0.39, 0.29) is 17.3 Å². The van der Waals surface area contributed by atoms with Crippen LogP contribution in [0.15, 0.2) is 55.0 Å². The Morgan fingerprint density at radius 3 is 2.58 bits per heavy atom. The first kappa shape index (κ1) is 15.5. The number of rotatable bonds is 4. The first-order valence-electron chi connectivity index (χ1n) is 7.12. The van der Waals surface area contributed by atoms with Crippen molar-refractivity contribution < 1.29 is 14.0 Å². The van der Waals surface area contributed by atoms with Crippen molar-refractivity contribution in [2.75, 3.05) is 5.32 Å². The maximum absolute atomic E-state index is 13.0. The lowest BCUT2D eigenvalue weighted by Crippen LogP contribution is -2.15. The topological polar surface area (TPSA) is 76.9 Å². The number of carbonyl (C=O) groups excluding carboxylic acids is 2. The molecule has 0 radical (unpaired) electrons. The van der Waals surface area contributed by atoms with Crippen LogP contribution < -0.4 is 5.32 Å². The lowest BCUT2D eigenvalue weighted by atomic mass is 10.1. The molecule has 3 aromatic rings.